The van der Waals surface area contributed by atoms with Crippen LogP contribution in [0.4, 0.5) is 8.78 Å². The van der Waals surface area contributed by atoms with Gasteiger partial charge in [-0.2, -0.15) is 6.08 Å². The number of hydrogen-bond donors (Lipinski definition) is 0. The van der Waals surface area contributed by atoms with Crippen LogP contribution in [0.5, 0.6) is 0 Å². The second kappa shape index (κ2) is 3.47. The monoisotopic (exact) mass is 344 g/mol. The Labute approximate surface area is 29.1 Å². The molecule has 0 aliphatic heterocycles. The minimum absolute atomic E-state index is 0. The largest absolute Gasteiger partial charge is 0.289 e. The molecule has 0 radical (unpaired) electrons. The van der Waals surface area contributed by atoms with Crippen LogP contribution in [0.3, 0.4) is 0 Å². The molecule has 0 aromatic carbocycles. The van der Waals surface area contributed by atoms with Crippen LogP contribution in [-0.4, -0.2) is 0 Å². The summed E-state index contributed by atoms with van der Waals surface area (Å²) in [4.78, 5) is 0. The van der Waals surface area contributed by atoms with E-state index in [4.69, 9.17) is 0 Å². The molecule has 0 nitrogen and oxygen atoms in total. The summed E-state index contributed by atoms with van der Waals surface area (Å²) >= 11 is 0. The number of halogens is 2. The fraction of sp³-hybridized carbons (Fsp3) is 0. The maximum Gasteiger partial charge on any atom is 0.107 e. The van der Waals surface area contributed by atoms with E-state index in [0.717, 1.165) is 0 Å². The van der Waals surface area contributed by atoms with Gasteiger partial charge in [0.15, 0.2) is 0 Å². The third kappa shape index (κ3) is 24.2. The molecule has 0 saturated heterocycles. The van der Waals surface area contributed by atoms with Crippen molar-refractivity contribution in [3.8, 4) is 0 Å². The summed E-state index contributed by atoms with van der Waals surface area (Å²) in [5, 5.41) is 0. The molecule has 0 unspecified atom stereocenters. The van der Waals surface area contributed by atoms with Gasteiger partial charge in [0, 0.05) is 0 Å². The summed E-state index contributed by atoms with van der Waals surface area (Å²) in [6, 6.07) is 0. The second-order valence-corrected chi connectivity index (χ2v) is 0.494. The van der Waals surface area contributed by atoms with Crippen LogP contribution in [0.2, 0.25) is 0 Å². The first-order chi connectivity index (χ1) is 2.27. The molecule has 0 aliphatic rings. The molecule has 0 aromatic heterocycles. The van der Waals surface area contributed by atoms with Crippen molar-refractivity contribution < 1.29 is 8.78 Å². The van der Waals surface area contributed by atoms with Crippen LogP contribution in [0.1, 0.15) is 0 Å². The van der Waals surface area contributed by atoms with E-state index in [9.17, 15) is 8.78 Å². The molecule has 0 N–H and O–H groups in total. The average Bonchev–Trinajstić information content (AvgIpc) is 1.38. The molecule has 0 rings (SSSR count). The van der Waals surface area contributed by atoms with Gasteiger partial charge in [-0.05, 0) is 0 Å². The number of rotatable bonds is 0. The van der Waals surface area contributed by atoms with Gasteiger partial charge in [-0.3, -0.25) is 8.78 Å². The Balaban J connectivity index is 0. The zero-order valence-electron chi connectivity index (χ0n) is 3.25. The van der Waals surface area contributed by atoms with Crippen LogP contribution in [0.15, 0.2) is 12.2 Å². The van der Waals surface area contributed by atoms with Gasteiger partial charge >= 0.3 is 0 Å². The molecule has 0 amide bonds. The second-order valence-electron chi connectivity index (χ2n) is 0.494. The molecule has 0 heterocycles. The van der Waals surface area contributed by atoms with Crippen LogP contribution in [-0.2, 0) is 0 Å². The minimum Gasteiger partial charge on any atom is -0.289 e. The van der Waals surface area contributed by atoms with Gasteiger partial charge in [0.25, 0.3) is 0 Å². The van der Waals surface area contributed by atoms with E-state index in [-0.39, 0.29) is 0 Å². The molecular weight excluding hydrogens is 341 g/mol. The molecule has 0 aliphatic carbocycles. The van der Waals surface area contributed by atoms with Crippen LogP contribution < -0.4 is 0 Å². The van der Waals surface area contributed by atoms with Crippen molar-refractivity contribution >= 4 is 0 Å². The van der Waals surface area contributed by atoms with E-state index >= 15 is 0 Å². The quantitative estimate of drug-likeness (QED) is 0.586. The van der Waals surface area contributed by atoms with E-state index < -0.39 is 6.08 Å². The van der Waals surface area contributed by atoms with E-state index in [1.54, 1.807) is 0 Å². The molecule has 3 heteroatoms. The fourth-order valence-corrected chi connectivity index (χ4v) is 0. The van der Waals surface area contributed by atoms with Crippen molar-refractivity contribution in [2.24, 2.45) is 0 Å². The van der Waals surface area contributed by atoms with E-state index in [1.807, 2.05) is 0 Å². The Kier molecular flexibility index (Phi) is 5.10. The van der Waals surface area contributed by atoms with Crippen molar-refractivity contribution in [2.45, 2.75) is 0 Å². The molecule has 32 valence electrons. The fourth-order valence-electron chi connectivity index (χ4n) is 0. The third-order valence-electron chi connectivity index (χ3n) is 0.154. The summed E-state index contributed by atoms with van der Waals surface area (Å²) in [6.45, 7) is 2.77. The normalized spacial score (nSPS) is 5.67. The van der Waals surface area contributed by atoms with Gasteiger partial charge in [-0.25, -0.2) is 6.92 Å². The van der Waals surface area contributed by atoms with E-state index in [1.165, 1.54) is 0 Å². The molecule has 0 fully saturated rings. The maximum absolute atomic E-state index is 10.6. The first kappa shape index (κ1) is 8.82. The summed E-state index contributed by atoms with van der Waals surface area (Å²) in [5.74, 6) is 0. The molecule has 0 spiro atoms. The standard InChI is InChI=1S/C3H3F2.Rf/c1-2-3(4)5;/h2H,1H2;/q-1;. The molecule has 0 atom stereocenters. The van der Waals surface area contributed by atoms with Crippen molar-refractivity contribution in [1.82, 2.24) is 0 Å². The smallest absolute Gasteiger partial charge is 0.107 e. The Bertz CT molecular complexity index is 46.8. The molecule has 0 bridgehead atoms. The number of allylic oxidation sites excluding steroid dienone is 1. The van der Waals surface area contributed by atoms with Crippen molar-refractivity contribution in [3.05, 3.63) is 19.1 Å². The van der Waals surface area contributed by atoms with Gasteiger partial charge in [-0.1, -0.05) is 0 Å². The Hall–Kier alpha value is -1.53. The molecule has 0 saturated carbocycles. The Morgan fingerprint density at radius 2 is 1.67 bits per heavy atom. The molecule has 6 heavy (non-hydrogen) atoms. The molecular formula is C3H3F2Rf-. The van der Waals surface area contributed by atoms with Gasteiger partial charge in [0.2, 0.25) is 0 Å². The van der Waals surface area contributed by atoms with Crippen LogP contribution in [0, 0.1) is 6.92 Å². The van der Waals surface area contributed by atoms with Crippen LogP contribution >= 0.6 is 0 Å². The average molecular weight is 344 g/mol. The van der Waals surface area contributed by atoms with Crippen molar-refractivity contribution in [1.29, 1.82) is 0 Å². The van der Waals surface area contributed by atoms with Crippen molar-refractivity contribution in [2.75, 3.05) is 0 Å². The summed E-state index contributed by atoms with van der Waals surface area (Å²) < 4.78 is 21.1. The molecule has 0 aromatic rings. The van der Waals surface area contributed by atoms with Gasteiger partial charge in [0.05, 0.1) is 0 Å². The van der Waals surface area contributed by atoms with Crippen molar-refractivity contribution in [3.63, 3.8) is 0 Å². The zero-order valence-corrected chi connectivity index (χ0v) is 9.65. The Morgan fingerprint density at radius 1 is 1.50 bits per heavy atom. The zero-order chi connectivity index (χ0) is 4.28. The summed E-state index contributed by atoms with van der Waals surface area (Å²) in [6.07, 6.45) is -1.23. The summed E-state index contributed by atoms with van der Waals surface area (Å²) in [5.41, 5.74) is 0. The predicted molar refractivity (Wildman–Crippen MR) is 15.7 cm³/mol. The van der Waals surface area contributed by atoms with Gasteiger partial charge in [-0.15, -0.1) is 0 Å². The van der Waals surface area contributed by atoms with Crippen LogP contribution in [0.25, 0.3) is 0 Å². The first-order valence-corrected chi connectivity index (χ1v) is 1.07. The predicted octanol–water partition coefficient (Wildman–Crippen LogP) is 1.60. The van der Waals surface area contributed by atoms with E-state index in [2.05, 4.69) is 6.92 Å². The van der Waals surface area contributed by atoms with Gasteiger partial charge < -0.3 is 0 Å². The summed E-state index contributed by atoms with van der Waals surface area (Å²) in [7, 11) is 0. The SMILES string of the molecule is [CH2-]C=C(F)F.[Rf]. The Morgan fingerprint density at radius 3 is 1.67 bits per heavy atom. The number of hydrogen-bond acceptors (Lipinski definition) is 0. The third-order valence-corrected chi connectivity index (χ3v) is 0.154. The van der Waals surface area contributed by atoms with Gasteiger partial charge in [0.1, 0.15) is 6.08 Å². The first-order valence-electron chi connectivity index (χ1n) is 1.07. The topological polar surface area (TPSA) is 0 Å². The van der Waals surface area contributed by atoms with E-state index in [0.29, 0.717) is 6.08 Å². The maximum atomic E-state index is 10.6. The minimum atomic E-state index is -1.73.